The fourth-order valence-corrected chi connectivity index (χ4v) is 3.25. The SMILES string of the molecule is CC(C)NCc1csc(CCN2CCCCCC2)n1. The number of nitrogens with one attached hydrogen (secondary N) is 1. The molecular weight excluding hydrogens is 254 g/mol. The summed E-state index contributed by atoms with van der Waals surface area (Å²) in [5.74, 6) is 0. The van der Waals surface area contributed by atoms with Gasteiger partial charge in [-0.25, -0.2) is 4.98 Å². The summed E-state index contributed by atoms with van der Waals surface area (Å²) in [6.45, 7) is 9.00. The predicted octanol–water partition coefficient (Wildman–Crippen LogP) is 3.06. The lowest BCUT2D eigenvalue weighted by molar-refractivity contribution is 0.288. The van der Waals surface area contributed by atoms with Gasteiger partial charge < -0.3 is 10.2 Å². The van der Waals surface area contributed by atoms with Crippen LogP contribution < -0.4 is 5.32 Å². The molecule has 2 heterocycles. The van der Waals surface area contributed by atoms with Crippen LogP contribution in [0.4, 0.5) is 0 Å². The quantitative estimate of drug-likeness (QED) is 0.868. The highest BCUT2D eigenvalue weighted by atomic mass is 32.1. The van der Waals surface area contributed by atoms with Crippen molar-refractivity contribution in [1.29, 1.82) is 0 Å². The van der Waals surface area contributed by atoms with Crippen molar-refractivity contribution in [2.24, 2.45) is 0 Å². The molecule has 108 valence electrons. The topological polar surface area (TPSA) is 28.2 Å². The van der Waals surface area contributed by atoms with E-state index < -0.39 is 0 Å². The normalized spacial score (nSPS) is 17.8. The highest BCUT2D eigenvalue weighted by Gasteiger charge is 2.10. The third-order valence-electron chi connectivity index (χ3n) is 3.63. The van der Waals surface area contributed by atoms with Crippen LogP contribution in [0.25, 0.3) is 0 Å². The van der Waals surface area contributed by atoms with Crippen molar-refractivity contribution < 1.29 is 0 Å². The minimum absolute atomic E-state index is 0.530. The van der Waals surface area contributed by atoms with Gasteiger partial charge in [0.1, 0.15) is 0 Å². The second kappa shape index (κ2) is 7.98. The number of aromatic nitrogens is 1. The van der Waals surface area contributed by atoms with Crippen LogP contribution in [0.3, 0.4) is 0 Å². The van der Waals surface area contributed by atoms with Crippen LogP contribution in [0.15, 0.2) is 5.38 Å². The van der Waals surface area contributed by atoms with Crippen LogP contribution in [0, 0.1) is 0 Å². The van der Waals surface area contributed by atoms with Crippen LogP contribution >= 0.6 is 11.3 Å². The first-order valence-corrected chi connectivity index (χ1v) is 8.51. The van der Waals surface area contributed by atoms with E-state index in [-0.39, 0.29) is 0 Å². The van der Waals surface area contributed by atoms with E-state index in [0.29, 0.717) is 6.04 Å². The Morgan fingerprint density at radius 2 is 2.00 bits per heavy atom. The van der Waals surface area contributed by atoms with Gasteiger partial charge in [-0.2, -0.15) is 0 Å². The summed E-state index contributed by atoms with van der Waals surface area (Å²) >= 11 is 1.82. The van der Waals surface area contributed by atoms with Crippen LogP contribution in [-0.4, -0.2) is 35.6 Å². The molecule has 1 N–H and O–H groups in total. The van der Waals surface area contributed by atoms with E-state index in [4.69, 9.17) is 4.98 Å². The molecule has 19 heavy (non-hydrogen) atoms. The zero-order valence-electron chi connectivity index (χ0n) is 12.3. The van der Waals surface area contributed by atoms with Crippen LogP contribution in [0.2, 0.25) is 0 Å². The fraction of sp³-hybridized carbons (Fsp3) is 0.800. The van der Waals surface area contributed by atoms with Gasteiger partial charge >= 0.3 is 0 Å². The first kappa shape index (κ1) is 14.9. The molecule has 0 amide bonds. The van der Waals surface area contributed by atoms with Gasteiger partial charge in [-0.1, -0.05) is 26.7 Å². The lowest BCUT2D eigenvalue weighted by Gasteiger charge is -2.18. The van der Waals surface area contributed by atoms with Gasteiger partial charge in [0.15, 0.2) is 0 Å². The zero-order valence-corrected chi connectivity index (χ0v) is 13.1. The number of rotatable bonds is 6. The molecule has 1 fully saturated rings. The Balaban J connectivity index is 1.73. The maximum absolute atomic E-state index is 4.72. The predicted molar refractivity (Wildman–Crippen MR) is 82.7 cm³/mol. The van der Waals surface area contributed by atoms with E-state index in [1.165, 1.54) is 56.0 Å². The van der Waals surface area contributed by atoms with Crippen molar-refractivity contribution in [2.75, 3.05) is 19.6 Å². The maximum Gasteiger partial charge on any atom is 0.0941 e. The van der Waals surface area contributed by atoms with Crippen molar-refractivity contribution in [3.8, 4) is 0 Å². The summed E-state index contributed by atoms with van der Waals surface area (Å²) in [6.07, 6.45) is 6.70. The lowest BCUT2D eigenvalue weighted by atomic mass is 10.2. The molecule has 0 bridgehead atoms. The molecule has 0 spiro atoms. The van der Waals surface area contributed by atoms with E-state index in [1.54, 1.807) is 0 Å². The minimum atomic E-state index is 0.530. The average Bonchev–Trinajstić information content (AvgIpc) is 2.68. The Hall–Kier alpha value is -0.450. The van der Waals surface area contributed by atoms with E-state index in [9.17, 15) is 0 Å². The Labute approximate surface area is 121 Å². The van der Waals surface area contributed by atoms with Gasteiger partial charge in [-0.05, 0) is 25.9 Å². The highest BCUT2D eigenvalue weighted by molar-refractivity contribution is 7.09. The Morgan fingerprint density at radius 1 is 1.26 bits per heavy atom. The summed E-state index contributed by atoms with van der Waals surface area (Å²) in [4.78, 5) is 7.33. The average molecular weight is 281 g/mol. The molecule has 0 aromatic carbocycles. The largest absolute Gasteiger partial charge is 0.309 e. The van der Waals surface area contributed by atoms with Gasteiger partial charge in [0.25, 0.3) is 0 Å². The van der Waals surface area contributed by atoms with E-state index in [1.807, 2.05) is 11.3 Å². The molecule has 3 nitrogen and oxygen atoms in total. The molecule has 1 saturated heterocycles. The summed E-state index contributed by atoms with van der Waals surface area (Å²) in [7, 11) is 0. The Kier molecular flexibility index (Phi) is 6.28. The number of hydrogen-bond acceptors (Lipinski definition) is 4. The standard InChI is InChI=1S/C15H27N3S/c1-13(2)16-11-14-12-19-15(17-14)7-10-18-8-5-3-4-6-9-18/h12-13,16H,3-11H2,1-2H3. The highest BCUT2D eigenvalue weighted by Crippen LogP contribution is 2.13. The molecule has 0 saturated carbocycles. The van der Waals surface area contributed by atoms with Gasteiger partial charge in [0.2, 0.25) is 0 Å². The molecule has 0 unspecified atom stereocenters. The first-order valence-electron chi connectivity index (χ1n) is 7.63. The van der Waals surface area contributed by atoms with Gasteiger partial charge in [-0.3, -0.25) is 0 Å². The minimum Gasteiger partial charge on any atom is -0.309 e. The number of hydrogen-bond donors (Lipinski definition) is 1. The van der Waals surface area contributed by atoms with Crippen molar-refractivity contribution in [2.45, 2.75) is 58.5 Å². The first-order chi connectivity index (χ1) is 9.24. The maximum atomic E-state index is 4.72. The summed E-state index contributed by atoms with van der Waals surface area (Å²) < 4.78 is 0. The molecule has 1 aliphatic heterocycles. The third kappa shape index (κ3) is 5.59. The molecule has 4 heteroatoms. The van der Waals surface area contributed by atoms with Gasteiger partial charge in [0, 0.05) is 30.9 Å². The molecule has 0 radical (unpaired) electrons. The molecule has 1 aromatic heterocycles. The van der Waals surface area contributed by atoms with E-state index >= 15 is 0 Å². The smallest absolute Gasteiger partial charge is 0.0941 e. The molecule has 2 rings (SSSR count). The molecule has 0 aliphatic carbocycles. The van der Waals surface area contributed by atoms with Crippen molar-refractivity contribution in [3.05, 3.63) is 16.1 Å². The molecule has 1 aromatic rings. The molecule has 1 aliphatic rings. The van der Waals surface area contributed by atoms with Crippen LogP contribution in [0.5, 0.6) is 0 Å². The number of nitrogens with zero attached hydrogens (tertiary/aromatic N) is 2. The monoisotopic (exact) mass is 281 g/mol. The summed E-state index contributed by atoms with van der Waals surface area (Å²) in [5.41, 5.74) is 1.20. The van der Waals surface area contributed by atoms with E-state index in [2.05, 4.69) is 29.4 Å². The Bertz CT molecular complexity index is 354. The lowest BCUT2D eigenvalue weighted by Crippen LogP contribution is -2.27. The second-order valence-corrected chi connectivity index (χ2v) is 6.72. The number of likely N-dealkylation sites (tertiary alicyclic amines) is 1. The molecule has 0 atom stereocenters. The van der Waals surface area contributed by atoms with Gasteiger partial charge in [0.05, 0.1) is 10.7 Å². The van der Waals surface area contributed by atoms with E-state index in [0.717, 1.165) is 13.0 Å². The summed E-state index contributed by atoms with van der Waals surface area (Å²) in [5, 5.41) is 6.92. The second-order valence-electron chi connectivity index (χ2n) is 5.77. The number of thiazole rings is 1. The third-order valence-corrected chi connectivity index (χ3v) is 4.59. The van der Waals surface area contributed by atoms with Crippen LogP contribution in [-0.2, 0) is 13.0 Å². The molecular formula is C15H27N3S. The van der Waals surface area contributed by atoms with Gasteiger partial charge in [-0.15, -0.1) is 11.3 Å². The summed E-state index contributed by atoms with van der Waals surface area (Å²) in [6, 6.07) is 0.530. The van der Waals surface area contributed by atoms with Crippen molar-refractivity contribution in [1.82, 2.24) is 15.2 Å². The fourth-order valence-electron chi connectivity index (χ4n) is 2.47. The van der Waals surface area contributed by atoms with Crippen molar-refractivity contribution in [3.63, 3.8) is 0 Å². The zero-order chi connectivity index (χ0) is 13.5. The van der Waals surface area contributed by atoms with Crippen LogP contribution in [0.1, 0.15) is 50.2 Å². The Morgan fingerprint density at radius 3 is 2.68 bits per heavy atom. The van der Waals surface area contributed by atoms with Crippen molar-refractivity contribution >= 4 is 11.3 Å².